The van der Waals surface area contributed by atoms with E-state index in [-0.39, 0.29) is 18.2 Å². The predicted octanol–water partition coefficient (Wildman–Crippen LogP) is 2.38. The van der Waals surface area contributed by atoms with Crippen LogP contribution in [-0.2, 0) is 17.9 Å². The van der Waals surface area contributed by atoms with E-state index in [9.17, 15) is 9.59 Å². The van der Waals surface area contributed by atoms with Crippen molar-refractivity contribution in [2.75, 3.05) is 6.54 Å². The van der Waals surface area contributed by atoms with E-state index in [2.05, 4.69) is 15.5 Å². The van der Waals surface area contributed by atoms with Crippen LogP contribution in [0.5, 0.6) is 0 Å². The van der Waals surface area contributed by atoms with Crippen molar-refractivity contribution in [1.82, 2.24) is 24.9 Å². The van der Waals surface area contributed by atoms with Gasteiger partial charge in [-0.2, -0.15) is 10.2 Å². The van der Waals surface area contributed by atoms with Crippen molar-refractivity contribution < 1.29 is 9.59 Å². The first-order valence-corrected chi connectivity index (χ1v) is 8.61. The summed E-state index contributed by atoms with van der Waals surface area (Å²) in [6.45, 7) is 10.2. The Labute approximate surface area is 152 Å². The molecule has 0 spiro atoms. The van der Waals surface area contributed by atoms with Gasteiger partial charge in [-0.1, -0.05) is 11.6 Å². The minimum absolute atomic E-state index is 0.0368. The van der Waals surface area contributed by atoms with Crippen molar-refractivity contribution in [3.8, 4) is 0 Å². The van der Waals surface area contributed by atoms with Crippen molar-refractivity contribution in [2.45, 2.75) is 54.1 Å². The summed E-state index contributed by atoms with van der Waals surface area (Å²) < 4.78 is 3.42. The molecule has 0 fully saturated rings. The maximum Gasteiger partial charge on any atom is 0.241 e. The van der Waals surface area contributed by atoms with Gasteiger partial charge < -0.3 is 5.32 Å². The lowest BCUT2D eigenvalue weighted by atomic mass is 10.1. The molecule has 0 atom stereocenters. The molecule has 0 saturated carbocycles. The van der Waals surface area contributed by atoms with Gasteiger partial charge in [0, 0.05) is 18.8 Å². The van der Waals surface area contributed by atoms with Gasteiger partial charge in [0.1, 0.15) is 6.54 Å². The number of aryl methyl sites for hydroxylation is 3. The topological polar surface area (TPSA) is 81.8 Å². The second-order valence-corrected chi connectivity index (χ2v) is 6.55. The van der Waals surface area contributed by atoms with E-state index in [0.29, 0.717) is 29.4 Å². The van der Waals surface area contributed by atoms with Crippen LogP contribution in [0.3, 0.4) is 0 Å². The molecule has 8 heteroatoms. The van der Waals surface area contributed by atoms with Crippen LogP contribution in [0.15, 0.2) is 0 Å². The molecule has 2 aromatic heterocycles. The number of ketones is 1. The highest BCUT2D eigenvalue weighted by molar-refractivity contribution is 6.31. The summed E-state index contributed by atoms with van der Waals surface area (Å²) in [7, 11) is 0. The lowest BCUT2D eigenvalue weighted by Crippen LogP contribution is -2.30. The second-order valence-electron chi connectivity index (χ2n) is 6.17. The summed E-state index contributed by atoms with van der Waals surface area (Å²) in [5.41, 5.74) is 3.71. The van der Waals surface area contributed by atoms with E-state index in [1.54, 1.807) is 18.5 Å². The van der Waals surface area contributed by atoms with Crippen LogP contribution in [0.25, 0.3) is 0 Å². The molecule has 2 heterocycles. The molecule has 0 aromatic carbocycles. The van der Waals surface area contributed by atoms with Crippen LogP contribution in [0.1, 0.15) is 46.5 Å². The van der Waals surface area contributed by atoms with Gasteiger partial charge in [-0.3, -0.25) is 19.0 Å². The zero-order valence-corrected chi connectivity index (χ0v) is 16.1. The quantitative estimate of drug-likeness (QED) is 0.603. The molecule has 7 nitrogen and oxygen atoms in total. The Balaban J connectivity index is 1.84. The minimum atomic E-state index is -0.132. The van der Waals surface area contributed by atoms with Crippen molar-refractivity contribution in [3.05, 3.63) is 33.4 Å². The Bertz CT molecular complexity index is 807. The van der Waals surface area contributed by atoms with Crippen LogP contribution >= 0.6 is 11.6 Å². The second kappa shape index (κ2) is 7.82. The third-order valence-corrected chi connectivity index (χ3v) is 4.74. The third kappa shape index (κ3) is 4.28. The van der Waals surface area contributed by atoms with Crippen LogP contribution in [0, 0.1) is 27.7 Å². The van der Waals surface area contributed by atoms with E-state index < -0.39 is 0 Å². The number of aromatic nitrogens is 4. The van der Waals surface area contributed by atoms with Gasteiger partial charge in [-0.05, 0) is 41.0 Å². The van der Waals surface area contributed by atoms with E-state index in [1.807, 2.05) is 18.5 Å². The number of halogens is 1. The fraction of sp³-hybridized carbons (Fsp3) is 0.529. The Morgan fingerprint density at radius 2 is 1.68 bits per heavy atom. The smallest absolute Gasteiger partial charge is 0.241 e. The molecule has 25 heavy (non-hydrogen) atoms. The number of carbonyl (C=O) groups excluding carboxylic acids is 2. The van der Waals surface area contributed by atoms with E-state index in [4.69, 9.17) is 11.6 Å². The first-order valence-electron chi connectivity index (χ1n) is 8.23. The standard InChI is InChI=1S/C17H24ClN5O2/c1-10-16(14(5)24)12(3)23(20-10)9-15(25)19-7-6-8-22-13(4)17(18)11(2)21-22/h6-9H2,1-5H3,(H,19,25). The molecule has 136 valence electrons. The molecular weight excluding hydrogens is 342 g/mol. The van der Waals surface area contributed by atoms with E-state index in [0.717, 1.165) is 23.5 Å². The Hall–Kier alpha value is -2.15. The van der Waals surface area contributed by atoms with Gasteiger partial charge >= 0.3 is 0 Å². The molecular formula is C17H24ClN5O2. The summed E-state index contributed by atoms with van der Waals surface area (Å²) in [5.74, 6) is -0.169. The molecule has 1 amide bonds. The molecule has 0 aliphatic heterocycles. The fourth-order valence-corrected chi connectivity index (χ4v) is 3.04. The monoisotopic (exact) mass is 365 g/mol. The molecule has 0 aliphatic rings. The zero-order valence-electron chi connectivity index (χ0n) is 15.3. The molecule has 0 unspecified atom stereocenters. The van der Waals surface area contributed by atoms with Gasteiger partial charge in [0.05, 0.1) is 27.7 Å². The number of carbonyl (C=O) groups is 2. The fourth-order valence-electron chi connectivity index (χ4n) is 2.90. The van der Waals surface area contributed by atoms with Gasteiger partial charge in [0.25, 0.3) is 0 Å². The summed E-state index contributed by atoms with van der Waals surface area (Å²) in [5, 5.41) is 12.2. The summed E-state index contributed by atoms with van der Waals surface area (Å²) in [6, 6.07) is 0. The Morgan fingerprint density at radius 3 is 2.20 bits per heavy atom. The van der Waals surface area contributed by atoms with Crippen LogP contribution < -0.4 is 5.32 Å². The normalized spacial score (nSPS) is 11.0. The highest BCUT2D eigenvalue weighted by Gasteiger charge is 2.16. The maximum absolute atomic E-state index is 12.1. The average Bonchev–Trinajstić information content (AvgIpc) is 2.94. The van der Waals surface area contributed by atoms with Crippen molar-refractivity contribution >= 4 is 23.3 Å². The zero-order chi connectivity index (χ0) is 18.7. The number of nitrogens with one attached hydrogen (secondary N) is 1. The molecule has 2 aromatic rings. The van der Waals surface area contributed by atoms with E-state index in [1.165, 1.54) is 6.92 Å². The van der Waals surface area contributed by atoms with Crippen LogP contribution in [0.2, 0.25) is 5.02 Å². The molecule has 2 rings (SSSR count). The number of amides is 1. The SMILES string of the molecule is CC(=O)c1c(C)nn(CC(=O)NCCCn2nc(C)c(Cl)c2C)c1C. The molecule has 0 radical (unpaired) electrons. The highest BCUT2D eigenvalue weighted by Crippen LogP contribution is 2.18. The predicted molar refractivity (Wildman–Crippen MR) is 96.0 cm³/mol. The number of hydrogen-bond acceptors (Lipinski definition) is 4. The first-order chi connectivity index (χ1) is 11.7. The van der Waals surface area contributed by atoms with Crippen LogP contribution in [-0.4, -0.2) is 37.8 Å². The van der Waals surface area contributed by atoms with Gasteiger partial charge in [0.2, 0.25) is 5.91 Å². The Kier molecular flexibility index (Phi) is 6.00. The molecule has 0 aliphatic carbocycles. The average molecular weight is 366 g/mol. The first kappa shape index (κ1) is 19.2. The highest BCUT2D eigenvalue weighted by atomic mass is 35.5. The summed E-state index contributed by atoms with van der Waals surface area (Å²) in [4.78, 5) is 23.7. The van der Waals surface area contributed by atoms with Gasteiger partial charge in [-0.15, -0.1) is 0 Å². The maximum atomic E-state index is 12.1. The van der Waals surface area contributed by atoms with Crippen molar-refractivity contribution in [3.63, 3.8) is 0 Å². The largest absolute Gasteiger partial charge is 0.354 e. The minimum Gasteiger partial charge on any atom is -0.354 e. The number of hydrogen-bond donors (Lipinski definition) is 1. The van der Waals surface area contributed by atoms with Crippen molar-refractivity contribution in [2.24, 2.45) is 0 Å². The summed E-state index contributed by atoms with van der Waals surface area (Å²) in [6.07, 6.45) is 0.750. The summed E-state index contributed by atoms with van der Waals surface area (Å²) >= 11 is 6.12. The van der Waals surface area contributed by atoms with Crippen molar-refractivity contribution in [1.29, 1.82) is 0 Å². The lowest BCUT2D eigenvalue weighted by molar-refractivity contribution is -0.121. The number of Topliss-reactive ketones (excluding diaryl/α,β-unsaturated/α-hetero) is 1. The molecule has 0 bridgehead atoms. The molecule has 1 N–H and O–H groups in total. The van der Waals surface area contributed by atoms with Crippen LogP contribution in [0.4, 0.5) is 0 Å². The van der Waals surface area contributed by atoms with E-state index >= 15 is 0 Å². The molecule has 0 saturated heterocycles. The number of rotatable bonds is 7. The third-order valence-electron chi connectivity index (χ3n) is 4.19. The van der Waals surface area contributed by atoms with Gasteiger partial charge in [0.15, 0.2) is 5.78 Å². The Morgan fingerprint density at radius 1 is 1.04 bits per heavy atom. The van der Waals surface area contributed by atoms with Gasteiger partial charge in [-0.25, -0.2) is 0 Å². The number of nitrogens with zero attached hydrogens (tertiary/aromatic N) is 4. The lowest BCUT2D eigenvalue weighted by Gasteiger charge is -2.08.